The van der Waals surface area contributed by atoms with E-state index in [4.69, 9.17) is 0 Å². The molecule has 0 aliphatic carbocycles. The predicted molar refractivity (Wildman–Crippen MR) is 106 cm³/mol. The Kier molecular flexibility index (Phi) is 4.97. The van der Waals surface area contributed by atoms with Crippen LogP contribution in [-0.2, 0) is 11.3 Å². The Morgan fingerprint density at radius 2 is 1.89 bits per heavy atom. The van der Waals surface area contributed by atoms with E-state index in [9.17, 15) is 14.0 Å². The van der Waals surface area contributed by atoms with E-state index in [1.165, 1.54) is 12.1 Å². The SMILES string of the molecule is O=C(NCCn1ccc2ccccc21)N[C@H]1CC(=O)N(c2ccc(F)cc2)C1. The summed E-state index contributed by atoms with van der Waals surface area (Å²) >= 11 is 0. The van der Waals surface area contributed by atoms with E-state index >= 15 is 0 Å². The van der Waals surface area contributed by atoms with Crippen molar-refractivity contribution < 1.29 is 14.0 Å². The number of benzene rings is 2. The van der Waals surface area contributed by atoms with Gasteiger partial charge in [0.25, 0.3) is 0 Å². The van der Waals surface area contributed by atoms with Crippen LogP contribution in [0.3, 0.4) is 0 Å². The van der Waals surface area contributed by atoms with Crippen LogP contribution in [0.5, 0.6) is 0 Å². The first-order valence-corrected chi connectivity index (χ1v) is 9.24. The third-order valence-corrected chi connectivity index (χ3v) is 4.92. The number of urea groups is 1. The average molecular weight is 380 g/mol. The zero-order valence-electron chi connectivity index (χ0n) is 15.3. The van der Waals surface area contributed by atoms with E-state index < -0.39 is 0 Å². The summed E-state index contributed by atoms with van der Waals surface area (Å²) in [4.78, 5) is 25.9. The van der Waals surface area contributed by atoms with Gasteiger partial charge in [-0.15, -0.1) is 0 Å². The standard InChI is InChI=1S/C21H21FN4O2/c22-16-5-7-18(8-6-16)26-14-17(13-20(26)27)24-21(28)23-10-12-25-11-9-15-3-1-2-4-19(15)25/h1-9,11,17H,10,12-14H2,(H2,23,24,28)/t17-/m0/s1. The number of hydrogen-bond acceptors (Lipinski definition) is 2. The van der Waals surface area contributed by atoms with Gasteiger partial charge in [-0.05, 0) is 41.8 Å². The first kappa shape index (κ1) is 18.0. The predicted octanol–water partition coefficient (Wildman–Crippen LogP) is 2.89. The Hall–Kier alpha value is -3.35. The summed E-state index contributed by atoms with van der Waals surface area (Å²) in [5.41, 5.74) is 1.76. The largest absolute Gasteiger partial charge is 0.346 e. The topological polar surface area (TPSA) is 66.4 Å². The number of amides is 3. The van der Waals surface area contributed by atoms with Crippen molar-refractivity contribution in [1.29, 1.82) is 0 Å². The van der Waals surface area contributed by atoms with E-state index in [-0.39, 0.29) is 30.2 Å². The maximum absolute atomic E-state index is 13.1. The lowest BCUT2D eigenvalue weighted by Crippen LogP contribution is -2.44. The Bertz CT molecular complexity index is 999. The molecule has 1 atom stereocenters. The van der Waals surface area contributed by atoms with Gasteiger partial charge in [-0.1, -0.05) is 18.2 Å². The van der Waals surface area contributed by atoms with Crippen LogP contribution in [0.25, 0.3) is 10.9 Å². The first-order chi connectivity index (χ1) is 13.6. The molecule has 1 fully saturated rings. The summed E-state index contributed by atoms with van der Waals surface area (Å²) in [5, 5.41) is 6.85. The average Bonchev–Trinajstić information content (AvgIpc) is 3.26. The molecule has 3 amide bonds. The summed E-state index contributed by atoms with van der Waals surface area (Å²) in [7, 11) is 0. The number of halogens is 1. The maximum atomic E-state index is 13.1. The molecule has 0 spiro atoms. The Morgan fingerprint density at radius 3 is 2.71 bits per heavy atom. The molecule has 1 aliphatic heterocycles. The molecule has 0 radical (unpaired) electrons. The molecule has 28 heavy (non-hydrogen) atoms. The van der Waals surface area contributed by atoms with Crippen LogP contribution in [0.2, 0.25) is 0 Å². The lowest BCUT2D eigenvalue weighted by molar-refractivity contribution is -0.117. The van der Waals surface area contributed by atoms with Crippen molar-refractivity contribution in [2.75, 3.05) is 18.0 Å². The number of aromatic nitrogens is 1. The number of carbonyl (C=O) groups excluding carboxylic acids is 2. The zero-order chi connectivity index (χ0) is 19.5. The molecule has 2 N–H and O–H groups in total. The van der Waals surface area contributed by atoms with Gasteiger partial charge in [-0.2, -0.15) is 0 Å². The molecule has 144 valence electrons. The van der Waals surface area contributed by atoms with Gasteiger partial charge in [0.05, 0.1) is 6.04 Å². The Labute approximate surface area is 161 Å². The third-order valence-electron chi connectivity index (χ3n) is 4.92. The molecule has 0 unspecified atom stereocenters. The number of fused-ring (bicyclic) bond motifs is 1. The Balaban J connectivity index is 1.27. The van der Waals surface area contributed by atoms with Gasteiger partial charge in [0.1, 0.15) is 5.82 Å². The minimum atomic E-state index is -0.347. The van der Waals surface area contributed by atoms with Gasteiger partial charge in [0.2, 0.25) is 5.91 Å². The minimum Gasteiger partial charge on any atom is -0.346 e. The van der Waals surface area contributed by atoms with Crippen LogP contribution in [0.4, 0.5) is 14.9 Å². The van der Waals surface area contributed by atoms with Crippen LogP contribution < -0.4 is 15.5 Å². The van der Waals surface area contributed by atoms with Crippen LogP contribution in [0.1, 0.15) is 6.42 Å². The fourth-order valence-corrected chi connectivity index (χ4v) is 3.54. The summed E-state index contributed by atoms with van der Waals surface area (Å²) < 4.78 is 15.1. The van der Waals surface area contributed by atoms with Crippen molar-refractivity contribution >= 4 is 28.5 Å². The number of hydrogen-bond donors (Lipinski definition) is 2. The second-order valence-electron chi connectivity index (χ2n) is 6.85. The minimum absolute atomic E-state index is 0.0873. The van der Waals surface area contributed by atoms with Gasteiger partial charge in [0, 0.05) is 43.5 Å². The molecule has 2 heterocycles. The van der Waals surface area contributed by atoms with Crippen molar-refractivity contribution in [1.82, 2.24) is 15.2 Å². The summed E-state index contributed by atoms with van der Waals surface area (Å²) in [5.74, 6) is -0.435. The molecule has 4 rings (SSSR count). The van der Waals surface area contributed by atoms with E-state index in [1.807, 2.05) is 30.5 Å². The molecule has 3 aromatic rings. The second kappa shape index (κ2) is 7.72. The number of rotatable bonds is 5. The fourth-order valence-electron chi connectivity index (χ4n) is 3.54. The van der Waals surface area contributed by atoms with Gasteiger partial charge in [0.15, 0.2) is 0 Å². The number of anilines is 1. The smallest absolute Gasteiger partial charge is 0.315 e. The zero-order valence-corrected chi connectivity index (χ0v) is 15.3. The van der Waals surface area contributed by atoms with Gasteiger partial charge in [-0.25, -0.2) is 9.18 Å². The first-order valence-electron chi connectivity index (χ1n) is 9.24. The van der Waals surface area contributed by atoms with Gasteiger partial charge >= 0.3 is 6.03 Å². The number of para-hydroxylation sites is 1. The molecule has 2 aromatic carbocycles. The summed E-state index contributed by atoms with van der Waals surface area (Å²) in [6.07, 6.45) is 2.23. The molecule has 1 aromatic heterocycles. The highest BCUT2D eigenvalue weighted by Crippen LogP contribution is 2.21. The molecule has 1 saturated heterocycles. The van der Waals surface area contributed by atoms with E-state index in [2.05, 4.69) is 21.3 Å². The lowest BCUT2D eigenvalue weighted by atomic mass is 10.2. The third kappa shape index (κ3) is 3.83. The number of nitrogens with one attached hydrogen (secondary N) is 2. The quantitative estimate of drug-likeness (QED) is 0.715. The highest BCUT2D eigenvalue weighted by molar-refractivity contribution is 5.96. The molecular weight excluding hydrogens is 359 g/mol. The second-order valence-corrected chi connectivity index (χ2v) is 6.85. The van der Waals surface area contributed by atoms with Crippen molar-refractivity contribution in [3.8, 4) is 0 Å². The molecule has 0 saturated carbocycles. The monoisotopic (exact) mass is 380 g/mol. The Morgan fingerprint density at radius 1 is 1.11 bits per heavy atom. The van der Waals surface area contributed by atoms with Crippen LogP contribution in [-0.4, -0.2) is 35.6 Å². The van der Waals surface area contributed by atoms with Crippen LogP contribution in [0, 0.1) is 5.82 Å². The van der Waals surface area contributed by atoms with E-state index in [1.54, 1.807) is 17.0 Å². The van der Waals surface area contributed by atoms with Gasteiger partial charge in [-0.3, -0.25) is 4.79 Å². The molecular formula is C21H21FN4O2. The fraction of sp³-hybridized carbons (Fsp3) is 0.238. The lowest BCUT2D eigenvalue weighted by Gasteiger charge is -2.17. The van der Waals surface area contributed by atoms with Crippen molar-refractivity contribution in [3.63, 3.8) is 0 Å². The van der Waals surface area contributed by atoms with Crippen LogP contribution >= 0.6 is 0 Å². The summed E-state index contributed by atoms with van der Waals surface area (Å²) in [6, 6.07) is 15.3. The number of nitrogens with zero attached hydrogens (tertiary/aromatic N) is 2. The summed E-state index contributed by atoms with van der Waals surface area (Å²) in [6.45, 7) is 1.51. The van der Waals surface area contributed by atoms with Crippen molar-refractivity contribution in [2.24, 2.45) is 0 Å². The van der Waals surface area contributed by atoms with E-state index in [0.29, 0.717) is 25.3 Å². The molecule has 7 heteroatoms. The van der Waals surface area contributed by atoms with Crippen LogP contribution in [0.15, 0.2) is 60.8 Å². The normalized spacial score (nSPS) is 16.5. The molecule has 1 aliphatic rings. The van der Waals surface area contributed by atoms with E-state index in [0.717, 1.165) is 10.9 Å². The van der Waals surface area contributed by atoms with Gasteiger partial charge < -0.3 is 20.1 Å². The maximum Gasteiger partial charge on any atom is 0.315 e. The van der Waals surface area contributed by atoms with Crippen molar-refractivity contribution in [3.05, 3.63) is 66.6 Å². The highest BCUT2D eigenvalue weighted by Gasteiger charge is 2.31. The molecule has 6 nitrogen and oxygen atoms in total. The number of carbonyl (C=O) groups is 2. The van der Waals surface area contributed by atoms with Crippen molar-refractivity contribution in [2.45, 2.75) is 19.0 Å². The molecule has 0 bridgehead atoms. The highest BCUT2D eigenvalue weighted by atomic mass is 19.1.